The van der Waals surface area contributed by atoms with Crippen molar-refractivity contribution in [2.75, 3.05) is 32.6 Å². The second-order valence-corrected chi connectivity index (χ2v) is 4.72. The molecular weight excluding hydrogens is 246 g/mol. The van der Waals surface area contributed by atoms with Gasteiger partial charge in [0.1, 0.15) is 5.82 Å². The summed E-state index contributed by atoms with van der Waals surface area (Å²) in [4.78, 5) is 30.3. The molecule has 0 fully saturated rings. The van der Waals surface area contributed by atoms with Gasteiger partial charge in [0.15, 0.2) is 0 Å². The molecule has 1 unspecified atom stereocenters. The highest BCUT2D eigenvalue weighted by Crippen LogP contribution is 2.12. The predicted molar refractivity (Wildman–Crippen MR) is 72.3 cm³/mol. The molecule has 1 N–H and O–H groups in total. The molecular formula is C13H19N3O3. The molecule has 1 rings (SSSR count). The summed E-state index contributed by atoms with van der Waals surface area (Å²) in [6.07, 6.45) is 1.57. The number of hydrogen-bond acceptors (Lipinski definition) is 4. The van der Waals surface area contributed by atoms with Crippen LogP contribution in [-0.2, 0) is 4.79 Å². The topological polar surface area (TPSA) is 73.7 Å². The van der Waals surface area contributed by atoms with Gasteiger partial charge in [0.05, 0.1) is 5.92 Å². The van der Waals surface area contributed by atoms with Gasteiger partial charge in [-0.1, -0.05) is 6.92 Å². The van der Waals surface area contributed by atoms with Crippen molar-refractivity contribution >= 4 is 17.7 Å². The Balaban J connectivity index is 2.82. The number of rotatable bonds is 5. The number of carbonyl (C=O) groups excluding carboxylic acids is 1. The van der Waals surface area contributed by atoms with Crippen LogP contribution in [0.5, 0.6) is 0 Å². The minimum absolute atomic E-state index is 0.174. The maximum absolute atomic E-state index is 12.2. The molecule has 104 valence electrons. The first kappa shape index (κ1) is 14.9. The summed E-state index contributed by atoms with van der Waals surface area (Å²) in [5.41, 5.74) is 0.499. The fourth-order valence-corrected chi connectivity index (χ4v) is 1.59. The lowest BCUT2D eigenvalue weighted by Gasteiger charge is -2.20. The van der Waals surface area contributed by atoms with Gasteiger partial charge >= 0.3 is 5.97 Å². The number of amides is 1. The van der Waals surface area contributed by atoms with Crippen LogP contribution in [0.25, 0.3) is 0 Å². The molecule has 1 aromatic rings. The number of anilines is 1. The third-order valence-corrected chi connectivity index (χ3v) is 2.77. The summed E-state index contributed by atoms with van der Waals surface area (Å²) < 4.78 is 0. The third-order valence-electron chi connectivity index (χ3n) is 2.77. The van der Waals surface area contributed by atoms with E-state index in [0.29, 0.717) is 11.4 Å². The summed E-state index contributed by atoms with van der Waals surface area (Å²) in [5, 5.41) is 8.85. The Bertz CT molecular complexity index is 474. The average molecular weight is 265 g/mol. The maximum Gasteiger partial charge on any atom is 0.308 e. The SMILES string of the molecule is CC(CN(C)C(=O)c1ccnc(N(C)C)c1)C(=O)O. The Morgan fingerprint density at radius 3 is 2.53 bits per heavy atom. The molecule has 1 atom stereocenters. The summed E-state index contributed by atoms with van der Waals surface area (Å²) in [7, 11) is 5.27. The average Bonchev–Trinajstić information content (AvgIpc) is 2.37. The molecule has 1 amide bonds. The van der Waals surface area contributed by atoms with E-state index in [-0.39, 0.29) is 12.5 Å². The molecule has 0 bridgehead atoms. The first-order valence-electron chi connectivity index (χ1n) is 5.94. The normalized spacial score (nSPS) is 11.8. The van der Waals surface area contributed by atoms with Crippen LogP contribution in [0.3, 0.4) is 0 Å². The Labute approximate surface area is 112 Å². The van der Waals surface area contributed by atoms with E-state index in [9.17, 15) is 9.59 Å². The van der Waals surface area contributed by atoms with Crippen molar-refractivity contribution in [3.05, 3.63) is 23.9 Å². The number of carboxylic acids is 1. The minimum Gasteiger partial charge on any atom is -0.481 e. The number of hydrogen-bond donors (Lipinski definition) is 1. The highest BCUT2D eigenvalue weighted by atomic mass is 16.4. The number of aromatic nitrogens is 1. The Morgan fingerprint density at radius 2 is 2.00 bits per heavy atom. The van der Waals surface area contributed by atoms with Crippen LogP contribution in [0.15, 0.2) is 18.3 Å². The number of pyridine rings is 1. The number of aliphatic carboxylic acids is 1. The van der Waals surface area contributed by atoms with Crippen molar-refractivity contribution < 1.29 is 14.7 Å². The third kappa shape index (κ3) is 3.94. The molecule has 0 aliphatic heterocycles. The quantitative estimate of drug-likeness (QED) is 0.857. The Kier molecular flexibility index (Phi) is 4.86. The first-order chi connectivity index (χ1) is 8.82. The molecule has 0 saturated carbocycles. The molecule has 0 aromatic carbocycles. The zero-order valence-electron chi connectivity index (χ0n) is 11.6. The molecule has 0 radical (unpaired) electrons. The van der Waals surface area contributed by atoms with Crippen LogP contribution in [0.2, 0.25) is 0 Å². The maximum atomic E-state index is 12.2. The lowest BCUT2D eigenvalue weighted by Crippen LogP contribution is -2.33. The second kappa shape index (κ2) is 6.17. The van der Waals surface area contributed by atoms with Crippen molar-refractivity contribution in [1.82, 2.24) is 9.88 Å². The van der Waals surface area contributed by atoms with Gasteiger partial charge in [-0.15, -0.1) is 0 Å². The predicted octanol–water partition coefficient (Wildman–Crippen LogP) is 0.940. The van der Waals surface area contributed by atoms with Crippen LogP contribution in [0, 0.1) is 5.92 Å². The van der Waals surface area contributed by atoms with Crippen molar-refractivity contribution in [1.29, 1.82) is 0 Å². The lowest BCUT2D eigenvalue weighted by molar-refractivity contribution is -0.141. The Hall–Kier alpha value is -2.11. The van der Waals surface area contributed by atoms with Gasteiger partial charge in [-0.3, -0.25) is 9.59 Å². The number of carboxylic acid groups (broad SMARTS) is 1. The van der Waals surface area contributed by atoms with Gasteiger partial charge in [0, 0.05) is 39.4 Å². The van der Waals surface area contributed by atoms with Crippen molar-refractivity contribution in [2.45, 2.75) is 6.92 Å². The Morgan fingerprint density at radius 1 is 1.37 bits per heavy atom. The molecule has 6 heteroatoms. The first-order valence-corrected chi connectivity index (χ1v) is 5.94. The number of nitrogens with zero attached hydrogens (tertiary/aromatic N) is 3. The molecule has 0 aliphatic rings. The van der Waals surface area contributed by atoms with E-state index in [1.807, 2.05) is 14.1 Å². The summed E-state index contributed by atoms with van der Waals surface area (Å²) in [5.74, 6) is -1.03. The summed E-state index contributed by atoms with van der Waals surface area (Å²) >= 11 is 0. The highest BCUT2D eigenvalue weighted by Gasteiger charge is 2.19. The zero-order valence-corrected chi connectivity index (χ0v) is 11.6. The largest absolute Gasteiger partial charge is 0.481 e. The van der Waals surface area contributed by atoms with Gasteiger partial charge in [-0.25, -0.2) is 4.98 Å². The monoisotopic (exact) mass is 265 g/mol. The lowest BCUT2D eigenvalue weighted by atomic mass is 10.1. The van der Waals surface area contributed by atoms with Gasteiger partial charge in [0.2, 0.25) is 0 Å². The molecule has 19 heavy (non-hydrogen) atoms. The van der Waals surface area contributed by atoms with Crippen LogP contribution in [-0.4, -0.2) is 54.6 Å². The van der Waals surface area contributed by atoms with Crippen molar-refractivity contribution in [3.8, 4) is 0 Å². The van der Waals surface area contributed by atoms with Gasteiger partial charge in [0.25, 0.3) is 5.91 Å². The molecule has 1 aromatic heterocycles. The van der Waals surface area contributed by atoms with Gasteiger partial charge in [-0.05, 0) is 12.1 Å². The minimum atomic E-state index is -0.914. The van der Waals surface area contributed by atoms with Crippen LogP contribution in [0.4, 0.5) is 5.82 Å². The van der Waals surface area contributed by atoms with E-state index in [0.717, 1.165) is 0 Å². The summed E-state index contributed by atoms with van der Waals surface area (Å²) in [6.45, 7) is 1.75. The van der Waals surface area contributed by atoms with E-state index < -0.39 is 11.9 Å². The van der Waals surface area contributed by atoms with Gasteiger partial charge in [-0.2, -0.15) is 0 Å². The second-order valence-electron chi connectivity index (χ2n) is 4.72. The molecule has 0 aliphatic carbocycles. The zero-order chi connectivity index (χ0) is 14.6. The molecule has 6 nitrogen and oxygen atoms in total. The van der Waals surface area contributed by atoms with E-state index in [1.54, 1.807) is 37.2 Å². The van der Waals surface area contributed by atoms with E-state index in [4.69, 9.17) is 5.11 Å². The molecule has 1 heterocycles. The highest BCUT2D eigenvalue weighted by molar-refractivity contribution is 5.94. The van der Waals surface area contributed by atoms with Crippen molar-refractivity contribution in [3.63, 3.8) is 0 Å². The van der Waals surface area contributed by atoms with Gasteiger partial charge < -0.3 is 14.9 Å². The molecule has 0 saturated heterocycles. The fraction of sp³-hybridized carbons (Fsp3) is 0.462. The van der Waals surface area contributed by atoms with Crippen molar-refractivity contribution in [2.24, 2.45) is 5.92 Å². The van der Waals surface area contributed by atoms with Crippen LogP contribution >= 0.6 is 0 Å². The van der Waals surface area contributed by atoms with E-state index in [2.05, 4.69) is 4.98 Å². The van der Waals surface area contributed by atoms with Crippen LogP contribution < -0.4 is 4.90 Å². The summed E-state index contributed by atoms with van der Waals surface area (Å²) in [6, 6.07) is 3.31. The smallest absolute Gasteiger partial charge is 0.308 e. The van der Waals surface area contributed by atoms with Crippen LogP contribution in [0.1, 0.15) is 17.3 Å². The van der Waals surface area contributed by atoms with E-state index >= 15 is 0 Å². The van der Waals surface area contributed by atoms with E-state index in [1.165, 1.54) is 4.90 Å². The standard InChI is InChI=1S/C13H19N3O3/c1-9(13(18)19)8-16(4)12(17)10-5-6-14-11(7-10)15(2)3/h5-7,9H,8H2,1-4H3,(H,18,19). The fourth-order valence-electron chi connectivity index (χ4n) is 1.59. The number of carbonyl (C=O) groups is 2. The molecule has 0 spiro atoms.